The summed E-state index contributed by atoms with van der Waals surface area (Å²) >= 11 is 0. The topological polar surface area (TPSA) is 133 Å². The number of hydrogen-bond donors (Lipinski definition) is 2. The smallest absolute Gasteiger partial charge is 0.349 e. The van der Waals surface area contributed by atoms with Crippen molar-refractivity contribution in [1.82, 2.24) is 9.55 Å². The Morgan fingerprint density at radius 1 is 1.71 bits per heavy atom. The zero-order chi connectivity index (χ0) is 15.6. The number of aliphatic hydroxyl groups is 2. The standard InChI is InChI=1S/C11H14FN5O4/c1-6-2-3-17(10(20)15-6)9-7(12)8(19)11(5-18,21-9)4-14-16-13/h2-3,7-9,18-19H,4-5H2,1H3/t7-,8+,9-,11-/m1/s1. The first kappa shape index (κ1) is 15.4. The van der Waals surface area contributed by atoms with E-state index in [9.17, 15) is 19.4 Å². The van der Waals surface area contributed by atoms with E-state index in [4.69, 9.17) is 10.3 Å². The van der Waals surface area contributed by atoms with Gasteiger partial charge in [0, 0.05) is 16.8 Å². The lowest BCUT2D eigenvalue weighted by Gasteiger charge is -2.27. The average Bonchev–Trinajstić information content (AvgIpc) is 2.71. The molecule has 114 valence electrons. The van der Waals surface area contributed by atoms with Gasteiger partial charge in [-0.1, -0.05) is 5.11 Å². The lowest BCUT2D eigenvalue weighted by molar-refractivity contribution is -0.122. The molecule has 0 aliphatic carbocycles. The fraction of sp³-hybridized carbons (Fsp3) is 0.636. The van der Waals surface area contributed by atoms with E-state index in [0.717, 1.165) is 4.57 Å². The molecule has 1 aliphatic rings. The molecule has 21 heavy (non-hydrogen) atoms. The van der Waals surface area contributed by atoms with Crippen LogP contribution in [0.5, 0.6) is 0 Å². The molecule has 0 aromatic carbocycles. The Bertz CT molecular complexity index is 631. The van der Waals surface area contributed by atoms with Gasteiger partial charge >= 0.3 is 5.69 Å². The van der Waals surface area contributed by atoms with Crippen LogP contribution in [-0.2, 0) is 4.74 Å². The van der Waals surface area contributed by atoms with Gasteiger partial charge in [0.25, 0.3) is 0 Å². The van der Waals surface area contributed by atoms with Crippen molar-refractivity contribution in [3.8, 4) is 0 Å². The molecule has 2 heterocycles. The molecule has 1 saturated heterocycles. The van der Waals surface area contributed by atoms with Gasteiger partial charge < -0.3 is 14.9 Å². The lowest BCUT2D eigenvalue weighted by Crippen LogP contribution is -2.48. The SMILES string of the molecule is Cc1ccn([C@@H]2O[C@@](CO)(CN=[N+]=[N-])[C@@H](O)[C@H]2F)c(=O)n1. The minimum Gasteiger partial charge on any atom is -0.393 e. The van der Waals surface area contributed by atoms with Gasteiger partial charge in [0.1, 0.15) is 11.7 Å². The summed E-state index contributed by atoms with van der Waals surface area (Å²) in [5.74, 6) is 0. The van der Waals surface area contributed by atoms with Crippen LogP contribution in [0.2, 0.25) is 0 Å². The number of hydrogen-bond acceptors (Lipinski definition) is 6. The van der Waals surface area contributed by atoms with Gasteiger partial charge in [-0.3, -0.25) is 4.57 Å². The minimum absolute atomic E-state index is 0.452. The first-order valence-corrected chi connectivity index (χ1v) is 6.12. The number of rotatable bonds is 4. The fourth-order valence-electron chi connectivity index (χ4n) is 2.19. The van der Waals surface area contributed by atoms with Gasteiger partial charge in [0.2, 0.25) is 0 Å². The van der Waals surface area contributed by atoms with E-state index in [1.165, 1.54) is 12.3 Å². The summed E-state index contributed by atoms with van der Waals surface area (Å²) < 4.78 is 20.4. The first-order valence-electron chi connectivity index (χ1n) is 6.12. The molecule has 1 aliphatic heterocycles. The molecule has 2 N–H and O–H groups in total. The van der Waals surface area contributed by atoms with Gasteiger partial charge in [0.15, 0.2) is 12.4 Å². The van der Waals surface area contributed by atoms with E-state index in [1.807, 2.05) is 0 Å². The Kier molecular flexibility index (Phi) is 4.24. The van der Waals surface area contributed by atoms with Crippen LogP contribution in [0.4, 0.5) is 4.39 Å². The predicted molar refractivity (Wildman–Crippen MR) is 68.1 cm³/mol. The maximum atomic E-state index is 14.2. The van der Waals surface area contributed by atoms with Crippen LogP contribution in [0.3, 0.4) is 0 Å². The van der Waals surface area contributed by atoms with Gasteiger partial charge in [-0.2, -0.15) is 4.98 Å². The van der Waals surface area contributed by atoms with Gasteiger partial charge in [0.05, 0.1) is 13.2 Å². The second kappa shape index (κ2) is 5.78. The van der Waals surface area contributed by atoms with Crippen molar-refractivity contribution in [3.63, 3.8) is 0 Å². The molecular formula is C11H14FN5O4. The van der Waals surface area contributed by atoms with E-state index < -0.39 is 42.9 Å². The number of nitrogens with zero attached hydrogens (tertiary/aromatic N) is 5. The number of azide groups is 1. The molecule has 0 saturated carbocycles. The van der Waals surface area contributed by atoms with Gasteiger partial charge in [-0.25, -0.2) is 9.18 Å². The predicted octanol–water partition coefficient (Wildman–Crippen LogP) is -0.179. The van der Waals surface area contributed by atoms with Crippen molar-refractivity contribution >= 4 is 0 Å². The number of halogens is 1. The zero-order valence-corrected chi connectivity index (χ0v) is 11.1. The van der Waals surface area contributed by atoms with Crippen LogP contribution in [0.15, 0.2) is 22.2 Å². The largest absolute Gasteiger partial charge is 0.393 e. The Morgan fingerprint density at radius 2 is 2.43 bits per heavy atom. The molecule has 1 fully saturated rings. The molecule has 0 amide bonds. The Labute approximate surface area is 118 Å². The fourth-order valence-corrected chi connectivity index (χ4v) is 2.19. The van der Waals surface area contributed by atoms with Crippen molar-refractivity contribution in [2.45, 2.75) is 31.0 Å². The second-order valence-electron chi connectivity index (χ2n) is 4.77. The van der Waals surface area contributed by atoms with E-state index in [1.54, 1.807) is 6.92 Å². The van der Waals surface area contributed by atoms with Crippen molar-refractivity contribution in [2.75, 3.05) is 13.2 Å². The molecule has 0 unspecified atom stereocenters. The van der Waals surface area contributed by atoms with Gasteiger partial charge in [-0.15, -0.1) is 0 Å². The average molecular weight is 299 g/mol. The van der Waals surface area contributed by atoms with E-state index >= 15 is 0 Å². The molecule has 1 aromatic rings. The summed E-state index contributed by atoms with van der Waals surface area (Å²) in [4.78, 5) is 17.9. The zero-order valence-electron chi connectivity index (χ0n) is 11.1. The molecule has 1 aromatic heterocycles. The summed E-state index contributed by atoms with van der Waals surface area (Å²) in [7, 11) is 0. The number of ether oxygens (including phenoxy) is 1. The maximum absolute atomic E-state index is 14.2. The van der Waals surface area contributed by atoms with Crippen LogP contribution in [0.1, 0.15) is 11.9 Å². The number of aliphatic hydroxyl groups excluding tert-OH is 2. The summed E-state index contributed by atoms with van der Waals surface area (Å²) in [6, 6.07) is 1.48. The Hall–Kier alpha value is -2.00. The lowest BCUT2D eigenvalue weighted by atomic mass is 9.97. The van der Waals surface area contributed by atoms with Crippen LogP contribution in [-0.4, -0.2) is 50.8 Å². The van der Waals surface area contributed by atoms with Crippen molar-refractivity contribution < 1.29 is 19.3 Å². The highest BCUT2D eigenvalue weighted by Crippen LogP contribution is 2.38. The molecule has 0 radical (unpaired) electrons. The normalized spacial score (nSPS) is 31.9. The van der Waals surface area contributed by atoms with Crippen LogP contribution >= 0.6 is 0 Å². The molecule has 4 atom stereocenters. The van der Waals surface area contributed by atoms with Gasteiger partial charge in [-0.05, 0) is 18.5 Å². The van der Waals surface area contributed by atoms with Crippen molar-refractivity contribution in [2.24, 2.45) is 5.11 Å². The van der Waals surface area contributed by atoms with Crippen LogP contribution in [0, 0.1) is 6.92 Å². The first-order chi connectivity index (χ1) is 9.95. The molecular weight excluding hydrogens is 285 g/mol. The minimum atomic E-state index is -1.98. The third-order valence-corrected chi connectivity index (χ3v) is 3.38. The molecule has 10 heteroatoms. The van der Waals surface area contributed by atoms with E-state index in [2.05, 4.69) is 15.0 Å². The van der Waals surface area contributed by atoms with E-state index in [-0.39, 0.29) is 0 Å². The quantitative estimate of drug-likeness (QED) is 0.452. The summed E-state index contributed by atoms with van der Waals surface area (Å²) in [6.07, 6.45) is -3.89. The molecule has 0 spiro atoms. The summed E-state index contributed by atoms with van der Waals surface area (Å²) in [6.45, 7) is 0.368. The Balaban J connectivity index is 2.39. The number of aryl methyl sites for hydroxylation is 1. The number of aromatic nitrogens is 2. The van der Waals surface area contributed by atoms with Crippen LogP contribution < -0.4 is 5.69 Å². The molecule has 9 nitrogen and oxygen atoms in total. The highest BCUT2D eigenvalue weighted by molar-refractivity contribution is 5.04. The summed E-state index contributed by atoms with van der Waals surface area (Å²) in [5.41, 5.74) is 6.24. The van der Waals surface area contributed by atoms with Crippen molar-refractivity contribution in [3.05, 3.63) is 38.9 Å². The third-order valence-electron chi connectivity index (χ3n) is 3.38. The highest BCUT2D eigenvalue weighted by Gasteiger charge is 2.55. The number of alkyl halides is 1. The van der Waals surface area contributed by atoms with Crippen molar-refractivity contribution in [1.29, 1.82) is 0 Å². The van der Waals surface area contributed by atoms with Crippen LogP contribution in [0.25, 0.3) is 10.4 Å². The third kappa shape index (κ3) is 2.61. The molecule has 0 bridgehead atoms. The van der Waals surface area contributed by atoms with E-state index in [0.29, 0.717) is 5.69 Å². The molecule has 2 rings (SSSR count). The monoisotopic (exact) mass is 299 g/mol. The Morgan fingerprint density at radius 3 is 3.00 bits per heavy atom. The summed E-state index contributed by atoms with van der Waals surface area (Å²) in [5, 5.41) is 22.5. The maximum Gasteiger partial charge on any atom is 0.349 e. The highest BCUT2D eigenvalue weighted by atomic mass is 19.1. The second-order valence-corrected chi connectivity index (χ2v) is 4.77.